The summed E-state index contributed by atoms with van der Waals surface area (Å²) in [6, 6.07) is 5.99. The van der Waals surface area contributed by atoms with Crippen molar-refractivity contribution in [3.63, 3.8) is 0 Å². The number of nitriles is 1. The molecular formula is C14H16N2O2. The molecule has 0 fully saturated rings. The van der Waals surface area contributed by atoms with Crippen molar-refractivity contribution in [2.24, 2.45) is 0 Å². The minimum atomic E-state index is 0.503. The fourth-order valence-electron chi connectivity index (χ4n) is 2.24. The SMILES string of the molecule is COc1cc(OC)c2c(CCC#N)c(C)[nH]c2c1. The van der Waals surface area contributed by atoms with Crippen molar-refractivity contribution in [1.29, 1.82) is 5.26 Å². The number of H-pyrrole nitrogens is 1. The van der Waals surface area contributed by atoms with Crippen molar-refractivity contribution < 1.29 is 9.47 Å². The van der Waals surface area contributed by atoms with Crippen LogP contribution in [-0.4, -0.2) is 19.2 Å². The third-order valence-electron chi connectivity index (χ3n) is 3.09. The molecule has 0 unspecified atom stereocenters. The van der Waals surface area contributed by atoms with Gasteiger partial charge in [-0.05, 0) is 18.9 Å². The number of aromatic nitrogens is 1. The highest BCUT2D eigenvalue weighted by atomic mass is 16.5. The van der Waals surface area contributed by atoms with Gasteiger partial charge in [-0.1, -0.05) is 0 Å². The number of nitrogens with one attached hydrogen (secondary N) is 1. The molecule has 0 saturated carbocycles. The molecule has 0 spiro atoms. The number of aryl methyl sites for hydroxylation is 2. The van der Waals surface area contributed by atoms with Crippen molar-refractivity contribution in [3.8, 4) is 17.6 Å². The number of ether oxygens (including phenoxy) is 2. The summed E-state index contributed by atoms with van der Waals surface area (Å²) in [5, 5.41) is 9.77. The number of hydrogen-bond acceptors (Lipinski definition) is 3. The van der Waals surface area contributed by atoms with E-state index in [9.17, 15) is 0 Å². The summed E-state index contributed by atoms with van der Waals surface area (Å²) in [5.41, 5.74) is 3.20. The summed E-state index contributed by atoms with van der Waals surface area (Å²) in [6.45, 7) is 2.01. The molecule has 0 saturated heterocycles. The Labute approximate surface area is 106 Å². The summed E-state index contributed by atoms with van der Waals surface area (Å²) in [5.74, 6) is 1.54. The Morgan fingerprint density at radius 3 is 2.67 bits per heavy atom. The van der Waals surface area contributed by atoms with Crippen molar-refractivity contribution in [2.75, 3.05) is 14.2 Å². The van der Waals surface area contributed by atoms with Gasteiger partial charge in [0.15, 0.2) is 0 Å². The first-order chi connectivity index (χ1) is 8.71. The van der Waals surface area contributed by atoms with Gasteiger partial charge < -0.3 is 14.5 Å². The highest BCUT2D eigenvalue weighted by molar-refractivity contribution is 5.91. The van der Waals surface area contributed by atoms with Crippen molar-refractivity contribution in [3.05, 3.63) is 23.4 Å². The average molecular weight is 244 g/mol. The average Bonchev–Trinajstić information content (AvgIpc) is 2.70. The molecule has 2 rings (SSSR count). The molecule has 4 nitrogen and oxygen atoms in total. The minimum absolute atomic E-state index is 0.503. The number of fused-ring (bicyclic) bond motifs is 1. The summed E-state index contributed by atoms with van der Waals surface area (Å²) >= 11 is 0. The third-order valence-corrected chi connectivity index (χ3v) is 3.09. The van der Waals surface area contributed by atoms with E-state index in [0.717, 1.165) is 40.1 Å². The van der Waals surface area contributed by atoms with E-state index in [-0.39, 0.29) is 0 Å². The van der Waals surface area contributed by atoms with E-state index < -0.39 is 0 Å². The van der Waals surface area contributed by atoms with Gasteiger partial charge in [0.25, 0.3) is 0 Å². The highest BCUT2D eigenvalue weighted by Crippen LogP contribution is 2.35. The van der Waals surface area contributed by atoms with Crippen LogP contribution in [-0.2, 0) is 6.42 Å². The molecule has 0 aliphatic carbocycles. The molecule has 4 heteroatoms. The van der Waals surface area contributed by atoms with E-state index in [1.165, 1.54) is 0 Å². The molecule has 18 heavy (non-hydrogen) atoms. The first kappa shape index (κ1) is 12.3. The van der Waals surface area contributed by atoms with E-state index in [0.29, 0.717) is 6.42 Å². The summed E-state index contributed by atoms with van der Waals surface area (Å²) in [6.07, 6.45) is 1.23. The van der Waals surface area contributed by atoms with Crippen LogP contribution in [0.2, 0.25) is 0 Å². The summed E-state index contributed by atoms with van der Waals surface area (Å²) < 4.78 is 10.7. The molecule has 1 aromatic heterocycles. The highest BCUT2D eigenvalue weighted by Gasteiger charge is 2.14. The van der Waals surface area contributed by atoms with Crippen LogP contribution in [0.3, 0.4) is 0 Å². The van der Waals surface area contributed by atoms with Crippen LogP contribution in [0.5, 0.6) is 11.5 Å². The maximum Gasteiger partial charge on any atom is 0.132 e. The Kier molecular flexibility index (Phi) is 3.42. The lowest BCUT2D eigenvalue weighted by atomic mass is 10.1. The van der Waals surface area contributed by atoms with Crippen LogP contribution in [0.4, 0.5) is 0 Å². The first-order valence-corrected chi connectivity index (χ1v) is 5.81. The lowest BCUT2D eigenvalue weighted by Crippen LogP contribution is -1.90. The maximum absolute atomic E-state index is 8.73. The van der Waals surface area contributed by atoms with Crippen LogP contribution < -0.4 is 9.47 Å². The molecule has 1 heterocycles. The molecule has 1 N–H and O–H groups in total. The largest absolute Gasteiger partial charge is 0.497 e. The van der Waals surface area contributed by atoms with Crippen molar-refractivity contribution >= 4 is 10.9 Å². The molecule has 0 aliphatic heterocycles. The standard InChI is InChI=1S/C14H16N2O2/c1-9-11(5-4-6-15)14-12(16-9)7-10(17-2)8-13(14)18-3/h7-8,16H,4-5H2,1-3H3. The fraction of sp³-hybridized carbons (Fsp3) is 0.357. The van der Waals surface area contributed by atoms with E-state index in [1.807, 2.05) is 19.1 Å². The molecule has 0 bridgehead atoms. The Balaban J connectivity index is 2.64. The fourth-order valence-corrected chi connectivity index (χ4v) is 2.24. The first-order valence-electron chi connectivity index (χ1n) is 5.81. The second-order valence-electron chi connectivity index (χ2n) is 4.14. The van der Waals surface area contributed by atoms with E-state index in [1.54, 1.807) is 14.2 Å². The predicted molar refractivity (Wildman–Crippen MR) is 70.1 cm³/mol. The Bertz CT molecular complexity index is 608. The Morgan fingerprint density at radius 1 is 1.28 bits per heavy atom. The number of aromatic amines is 1. The van der Waals surface area contributed by atoms with Gasteiger partial charge in [0.2, 0.25) is 0 Å². The Morgan fingerprint density at radius 2 is 2.06 bits per heavy atom. The molecule has 0 radical (unpaired) electrons. The maximum atomic E-state index is 8.73. The van der Waals surface area contributed by atoms with Gasteiger partial charge in [0, 0.05) is 29.6 Å². The number of hydrogen-bond donors (Lipinski definition) is 1. The topological polar surface area (TPSA) is 58.0 Å². The van der Waals surface area contributed by atoms with Gasteiger partial charge in [0.1, 0.15) is 11.5 Å². The van der Waals surface area contributed by atoms with Gasteiger partial charge in [-0.15, -0.1) is 0 Å². The number of methoxy groups -OCH3 is 2. The van der Waals surface area contributed by atoms with Crippen LogP contribution in [0, 0.1) is 18.3 Å². The van der Waals surface area contributed by atoms with Gasteiger partial charge in [-0.3, -0.25) is 0 Å². The number of nitrogens with zero attached hydrogens (tertiary/aromatic N) is 1. The summed E-state index contributed by atoms with van der Waals surface area (Å²) in [7, 11) is 3.28. The van der Waals surface area contributed by atoms with Gasteiger partial charge >= 0.3 is 0 Å². The normalized spacial score (nSPS) is 10.3. The third kappa shape index (κ3) is 2.00. The van der Waals surface area contributed by atoms with Gasteiger partial charge in [-0.25, -0.2) is 0 Å². The van der Waals surface area contributed by atoms with E-state index >= 15 is 0 Å². The lowest BCUT2D eigenvalue weighted by molar-refractivity contribution is 0.398. The molecular weight excluding hydrogens is 228 g/mol. The second-order valence-corrected chi connectivity index (χ2v) is 4.14. The Hall–Kier alpha value is -2.15. The smallest absolute Gasteiger partial charge is 0.132 e. The number of rotatable bonds is 4. The van der Waals surface area contributed by atoms with E-state index in [2.05, 4.69) is 11.1 Å². The summed E-state index contributed by atoms with van der Waals surface area (Å²) in [4.78, 5) is 3.32. The molecule has 0 aliphatic rings. The van der Waals surface area contributed by atoms with Crippen LogP contribution in [0.25, 0.3) is 10.9 Å². The van der Waals surface area contributed by atoms with Crippen molar-refractivity contribution in [2.45, 2.75) is 19.8 Å². The zero-order valence-electron chi connectivity index (χ0n) is 10.8. The minimum Gasteiger partial charge on any atom is -0.497 e. The van der Waals surface area contributed by atoms with Crippen LogP contribution in [0.1, 0.15) is 17.7 Å². The van der Waals surface area contributed by atoms with Crippen LogP contribution in [0.15, 0.2) is 12.1 Å². The zero-order chi connectivity index (χ0) is 13.1. The molecule has 1 aromatic carbocycles. The van der Waals surface area contributed by atoms with Gasteiger partial charge in [-0.2, -0.15) is 5.26 Å². The molecule has 2 aromatic rings. The van der Waals surface area contributed by atoms with Crippen LogP contribution >= 0.6 is 0 Å². The molecule has 0 amide bonds. The monoisotopic (exact) mass is 244 g/mol. The number of benzene rings is 1. The molecule has 0 atom stereocenters. The molecule has 94 valence electrons. The van der Waals surface area contributed by atoms with Crippen molar-refractivity contribution in [1.82, 2.24) is 4.98 Å². The predicted octanol–water partition coefficient (Wildman–Crippen LogP) is 2.95. The van der Waals surface area contributed by atoms with E-state index in [4.69, 9.17) is 14.7 Å². The second kappa shape index (κ2) is 5.01. The van der Waals surface area contributed by atoms with Gasteiger partial charge in [0.05, 0.1) is 25.8 Å². The lowest BCUT2D eigenvalue weighted by Gasteiger charge is -2.07. The quantitative estimate of drug-likeness (QED) is 0.899. The zero-order valence-corrected chi connectivity index (χ0v) is 10.8.